The van der Waals surface area contributed by atoms with Crippen molar-refractivity contribution in [2.24, 2.45) is 5.92 Å². The summed E-state index contributed by atoms with van der Waals surface area (Å²) in [6.07, 6.45) is 2.41. The molecule has 0 spiro atoms. The lowest BCUT2D eigenvalue weighted by Gasteiger charge is -2.30. The Hall–Kier alpha value is -0.870. The van der Waals surface area contributed by atoms with Crippen LogP contribution in [0.1, 0.15) is 38.3 Å². The van der Waals surface area contributed by atoms with E-state index < -0.39 is 0 Å². The van der Waals surface area contributed by atoms with Gasteiger partial charge in [0.2, 0.25) is 5.91 Å². The summed E-state index contributed by atoms with van der Waals surface area (Å²) < 4.78 is 1.06. The van der Waals surface area contributed by atoms with E-state index in [4.69, 9.17) is 0 Å². The van der Waals surface area contributed by atoms with Crippen molar-refractivity contribution in [3.05, 3.63) is 34.3 Å². The molecule has 1 saturated heterocycles. The summed E-state index contributed by atoms with van der Waals surface area (Å²) in [7, 11) is 0. The molecule has 1 aromatic carbocycles. The highest BCUT2D eigenvalue weighted by Crippen LogP contribution is 2.17. The van der Waals surface area contributed by atoms with Crippen LogP contribution in [0.15, 0.2) is 28.7 Å². The van der Waals surface area contributed by atoms with Crippen LogP contribution in [0.3, 0.4) is 0 Å². The van der Waals surface area contributed by atoms with Gasteiger partial charge in [-0.05, 0) is 56.5 Å². The fourth-order valence-corrected chi connectivity index (χ4v) is 2.81. The van der Waals surface area contributed by atoms with E-state index in [9.17, 15) is 4.79 Å². The molecule has 4 heteroatoms. The lowest BCUT2D eigenvalue weighted by molar-refractivity contribution is -0.123. The second kappa shape index (κ2) is 7.23. The van der Waals surface area contributed by atoms with E-state index in [2.05, 4.69) is 33.1 Å². The fourth-order valence-electron chi connectivity index (χ4n) is 2.55. The first-order valence-corrected chi connectivity index (χ1v) is 8.11. The van der Waals surface area contributed by atoms with Gasteiger partial charge in [-0.1, -0.05) is 35.0 Å². The highest BCUT2D eigenvalue weighted by Gasteiger charge is 2.18. The Labute approximate surface area is 129 Å². The van der Waals surface area contributed by atoms with Crippen molar-refractivity contribution < 1.29 is 4.79 Å². The normalized spacial score (nSPS) is 18.8. The molecule has 1 heterocycles. The summed E-state index contributed by atoms with van der Waals surface area (Å²) in [5.41, 5.74) is 1.13. The minimum Gasteiger partial charge on any atom is -0.348 e. The first-order chi connectivity index (χ1) is 9.54. The molecular weight excluding hydrogens is 316 g/mol. The number of piperidine rings is 1. The number of carbonyl (C=O) groups is 1. The van der Waals surface area contributed by atoms with Crippen molar-refractivity contribution in [3.63, 3.8) is 0 Å². The zero-order valence-corrected chi connectivity index (χ0v) is 13.8. The van der Waals surface area contributed by atoms with Crippen LogP contribution in [0.5, 0.6) is 0 Å². The zero-order valence-electron chi connectivity index (χ0n) is 12.2. The van der Waals surface area contributed by atoms with Gasteiger partial charge in [0.15, 0.2) is 0 Å². The van der Waals surface area contributed by atoms with Crippen LogP contribution >= 0.6 is 15.9 Å². The number of nitrogens with zero attached hydrogens (tertiary/aromatic N) is 1. The van der Waals surface area contributed by atoms with E-state index in [1.165, 1.54) is 12.8 Å². The molecule has 1 fully saturated rings. The standard InChI is InChI=1S/C16H23BrN2O/c1-12-7-9-19(10-8-12)11-16(20)18-13(2)14-3-5-15(17)6-4-14/h3-6,12-13H,7-11H2,1-2H3,(H,18,20)/t13-/m0/s1. The molecule has 2 rings (SSSR count). The van der Waals surface area contributed by atoms with Gasteiger partial charge in [-0.15, -0.1) is 0 Å². The van der Waals surface area contributed by atoms with E-state index in [1.807, 2.05) is 31.2 Å². The molecule has 3 nitrogen and oxygen atoms in total. The predicted molar refractivity (Wildman–Crippen MR) is 85.5 cm³/mol. The van der Waals surface area contributed by atoms with Crippen molar-refractivity contribution in [2.45, 2.75) is 32.7 Å². The third kappa shape index (κ3) is 4.60. The number of likely N-dealkylation sites (tertiary alicyclic amines) is 1. The molecular formula is C16H23BrN2O. The summed E-state index contributed by atoms with van der Waals surface area (Å²) in [4.78, 5) is 14.3. The van der Waals surface area contributed by atoms with Gasteiger partial charge in [0.05, 0.1) is 12.6 Å². The number of hydrogen-bond acceptors (Lipinski definition) is 2. The van der Waals surface area contributed by atoms with Gasteiger partial charge in [0.25, 0.3) is 0 Å². The first kappa shape index (κ1) is 15.5. The van der Waals surface area contributed by atoms with Crippen LogP contribution < -0.4 is 5.32 Å². The number of hydrogen-bond donors (Lipinski definition) is 1. The summed E-state index contributed by atoms with van der Waals surface area (Å²) >= 11 is 3.42. The molecule has 1 amide bonds. The quantitative estimate of drug-likeness (QED) is 0.912. The molecule has 0 radical (unpaired) electrons. The lowest BCUT2D eigenvalue weighted by Crippen LogP contribution is -2.41. The maximum Gasteiger partial charge on any atom is 0.234 e. The highest BCUT2D eigenvalue weighted by atomic mass is 79.9. The Morgan fingerprint density at radius 1 is 1.35 bits per heavy atom. The Bertz CT molecular complexity index is 438. The van der Waals surface area contributed by atoms with Crippen LogP contribution in [0.2, 0.25) is 0 Å². The molecule has 110 valence electrons. The maximum absolute atomic E-state index is 12.1. The molecule has 1 N–H and O–H groups in total. The minimum absolute atomic E-state index is 0.0549. The number of rotatable bonds is 4. The number of nitrogens with one attached hydrogen (secondary N) is 1. The van der Waals surface area contributed by atoms with Crippen LogP contribution in [0.25, 0.3) is 0 Å². The molecule has 1 aromatic rings. The average Bonchev–Trinajstić information content (AvgIpc) is 2.42. The zero-order chi connectivity index (χ0) is 14.5. The van der Waals surface area contributed by atoms with Crippen LogP contribution in [0, 0.1) is 5.92 Å². The third-order valence-corrected chi connectivity index (χ3v) is 4.52. The van der Waals surface area contributed by atoms with Crippen molar-refractivity contribution in [2.75, 3.05) is 19.6 Å². The molecule has 0 aromatic heterocycles. The van der Waals surface area contributed by atoms with E-state index in [0.29, 0.717) is 6.54 Å². The highest BCUT2D eigenvalue weighted by molar-refractivity contribution is 9.10. The second-order valence-corrected chi connectivity index (χ2v) is 6.72. The summed E-state index contributed by atoms with van der Waals surface area (Å²) in [6, 6.07) is 8.14. The maximum atomic E-state index is 12.1. The molecule has 0 bridgehead atoms. The predicted octanol–water partition coefficient (Wildman–Crippen LogP) is 3.36. The Kier molecular flexibility index (Phi) is 5.61. The van der Waals surface area contributed by atoms with Gasteiger partial charge in [-0.3, -0.25) is 9.69 Å². The molecule has 20 heavy (non-hydrogen) atoms. The SMILES string of the molecule is CC1CCN(CC(=O)N[C@@H](C)c2ccc(Br)cc2)CC1. The monoisotopic (exact) mass is 338 g/mol. The van der Waals surface area contributed by atoms with Crippen LogP contribution in [-0.2, 0) is 4.79 Å². The van der Waals surface area contributed by atoms with Gasteiger partial charge >= 0.3 is 0 Å². The fraction of sp³-hybridized carbons (Fsp3) is 0.562. The van der Waals surface area contributed by atoms with E-state index in [0.717, 1.165) is 29.0 Å². The molecule has 0 unspecified atom stereocenters. The summed E-state index contributed by atoms with van der Waals surface area (Å²) in [6.45, 7) is 6.92. The molecule has 0 aliphatic carbocycles. The number of halogens is 1. The largest absolute Gasteiger partial charge is 0.348 e. The van der Waals surface area contributed by atoms with Gasteiger partial charge in [0, 0.05) is 4.47 Å². The van der Waals surface area contributed by atoms with Gasteiger partial charge < -0.3 is 5.32 Å². The van der Waals surface area contributed by atoms with E-state index in [1.54, 1.807) is 0 Å². The van der Waals surface area contributed by atoms with Crippen LogP contribution in [0.4, 0.5) is 0 Å². The molecule has 1 atom stereocenters. The third-order valence-electron chi connectivity index (χ3n) is 3.99. The minimum atomic E-state index is 0.0549. The molecule has 1 aliphatic rings. The first-order valence-electron chi connectivity index (χ1n) is 7.32. The van der Waals surface area contributed by atoms with Crippen molar-refractivity contribution >= 4 is 21.8 Å². The van der Waals surface area contributed by atoms with Crippen LogP contribution in [-0.4, -0.2) is 30.4 Å². The smallest absolute Gasteiger partial charge is 0.234 e. The average molecular weight is 339 g/mol. The second-order valence-electron chi connectivity index (χ2n) is 5.80. The lowest BCUT2D eigenvalue weighted by atomic mass is 9.99. The topological polar surface area (TPSA) is 32.3 Å². The van der Waals surface area contributed by atoms with Gasteiger partial charge in [-0.2, -0.15) is 0 Å². The number of benzene rings is 1. The molecule has 0 saturated carbocycles. The van der Waals surface area contributed by atoms with E-state index >= 15 is 0 Å². The van der Waals surface area contributed by atoms with Crippen molar-refractivity contribution in [3.8, 4) is 0 Å². The summed E-state index contributed by atoms with van der Waals surface area (Å²) in [5, 5.41) is 3.08. The van der Waals surface area contributed by atoms with Gasteiger partial charge in [0.1, 0.15) is 0 Å². The Morgan fingerprint density at radius 3 is 2.55 bits per heavy atom. The Balaban J connectivity index is 1.80. The number of amides is 1. The van der Waals surface area contributed by atoms with E-state index in [-0.39, 0.29) is 11.9 Å². The van der Waals surface area contributed by atoms with Gasteiger partial charge in [-0.25, -0.2) is 0 Å². The summed E-state index contributed by atoms with van der Waals surface area (Å²) in [5.74, 6) is 0.922. The van der Waals surface area contributed by atoms with Crippen molar-refractivity contribution in [1.29, 1.82) is 0 Å². The molecule has 1 aliphatic heterocycles. The Morgan fingerprint density at radius 2 is 1.95 bits per heavy atom. The van der Waals surface area contributed by atoms with Crippen molar-refractivity contribution in [1.82, 2.24) is 10.2 Å². The number of carbonyl (C=O) groups excluding carboxylic acids is 1.